The fourth-order valence-corrected chi connectivity index (χ4v) is 8.56. The zero-order valence-corrected chi connectivity index (χ0v) is 30.6. The van der Waals surface area contributed by atoms with E-state index in [0.29, 0.717) is 18.1 Å². The number of allylic oxidation sites excluding steroid dienone is 1. The van der Waals surface area contributed by atoms with Gasteiger partial charge >= 0.3 is 11.9 Å². The Morgan fingerprint density at radius 1 is 1.09 bits per heavy atom. The molecule has 7 rings (SSSR count). The quantitative estimate of drug-likeness (QED) is 0.167. The molecular weight excluding hydrogens is 690 g/mol. The lowest BCUT2D eigenvalue weighted by Gasteiger charge is -2.49. The Balaban J connectivity index is 1.10. The van der Waals surface area contributed by atoms with Crippen molar-refractivity contribution in [3.8, 4) is 0 Å². The first kappa shape index (κ1) is 37.9. The van der Waals surface area contributed by atoms with Crippen LogP contribution in [-0.4, -0.2) is 119 Å². The molecule has 15 heteroatoms. The van der Waals surface area contributed by atoms with Crippen LogP contribution in [0.15, 0.2) is 30.3 Å². The van der Waals surface area contributed by atoms with E-state index >= 15 is 0 Å². The van der Waals surface area contributed by atoms with Gasteiger partial charge in [0.25, 0.3) is 0 Å². The number of rotatable bonds is 13. The third kappa shape index (κ3) is 7.75. The molecule has 3 unspecified atom stereocenters. The van der Waals surface area contributed by atoms with Crippen molar-refractivity contribution in [1.82, 2.24) is 15.7 Å². The van der Waals surface area contributed by atoms with Crippen LogP contribution in [0.1, 0.15) is 77.3 Å². The summed E-state index contributed by atoms with van der Waals surface area (Å²) in [5.74, 6) is -2.21. The van der Waals surface area contributed by atoms with Crippen LogP contribution >= 0.6 is 0 Å². The minimum atomic E-state index is -1.57. The van der Waals surface area contributed by atoms with Gasteiger partial charge < -0.3 is 44.5 Å². The third-order valence-electron chi connectivity index (χ3n) is 11.2. The van der Waals surface area contributed by atoms with Gasteiger partial charge in [0.05, 0.1) is 37.5 Å². The molecule has 15 nitrogen and oxygen atoms in total. The molecule has 6 aliphatic rings. The minimum absolute atomic E-state index is 0.0394. The summed E-state index contributed by atoms with van der Waals surface area (Å²) in [6, 6.07) is 4.25. The van der Waals surface area contributed by atoms with Crippen LogP contribution in [0.2, 0.25) is 0 Å². The maximum Gasteiger partial charge on any atom is 0.327 e. The number of epoxide rings is 1. The summed E-state index contributed by atoms with van der Waals surface area (Å²) in [4.78, 5) is 61.0. The van der Waals surface area contributed by atoms with E-state index in [-0.39, 0.29) is 32.6 Å². The molecule has 4 aliphatic heterocycles. The standard InChI is InChI=1S/C38H51N3O12/c1-20(43)29(34(45)39-24(18-42)12-14-28(44)52-37(2,3)4)40-36(47)38-16-27-30-31(49-19-48-30)33(38)53-41(32(38)35(46)51-27)17-23-8-6-5-7-22(23)11-9-21-10-13-25-26(15-21)50-25/h5-9,11,20-21,24-27,29-33,42-43H,10,12-19H2,1-4H3,(H,39,45)(H,40,47)/t20-,21?,24-,25?,26?,27+,29+,30-,31-,32-,33+,38-/m0/s1. The second-order valence-corrected chi connectivity index (χ2v) is 16.2. The van der Waals surface area contributed by atoms with Crippen LogP contribution in [-0.2, 0) is 54.2 Å². The summed E-state index contributed by atoms with van der Waals surface area (Å²) in [5.41, 5.74) is -0.450. The number of hydroxylamine groups is 2. The number of ether oxygens (including phenoxy) is 5. The van der Waals surface area contributed by atoms with Crippen LogP contribution in [0.25, 0.3) is 6.08 Å². The Morgan fingerprint density at radius 2 is 1.87 bits per heavy atom. The van der Waals surface area contributed by atoms with Crippen LogP contribution in [0, 0.1) is 11.3 Å². The monoisotopic (exact) mass is 741 g/mol. The summed E-state index contributed by atoms with van der Waals surface area (Å²) >= 11 is 0. The molecule has 0 spiro atoms. The maximum atomic E-state index is 14.7. The van der Waals surface area contributed by atoms with Gasteiger partial charge in [-0.25, -0.2) is 0 Å². The highest BCUT2D eigenvalue weighted by Crippen LogP contribution is 2.55. The molecule has 4 heterocycles. The summed E-state index contributed by atoms with van der Waals surface area (Å²) in [7, 11) is 0. The number of nitrogens with one attached hydrogen (secondary N) is 2. The molecular formula is C38H51N3O12. The Bertz CT molecular complexity index is 1600. The fraction of sp³-hybridized carbons (Fsp3) is 0.684. The van der Waals surface area contributed by atoms with Crippen molar-refractivity contribution in [2.45, 2.75) is 139 Å². The molecule has 4 N–H and O–H groups in total. The van der Waals surface area contributed by atoms with Crippen molar-refractivity contribution >= 4 is 29.8 Å². The average Bonchev–Trinajstić information content (AvgIpc) is 3.54. The van der Waals surface area contributed by atoms with Gasteiger partial charge in [-0.15, -0.1) is 0 Å². The number of nitrogens with zero attached hydrogens (tertiary/aromatic N) is 1. The van der Waals surface area contributed by atoms with Gasteiger partial charge in [-0.1, -0.05) is 36.4 Å². The van der Waals surface area contributed by atoms with Gasteiger partial charge in [-0.3, -0.25) is 24.0 Å². The van der Waals surface area contributed by atoms with E-state index in [1.807, 2.05) is 24.3 Å². The molecule has 6 fully saturated rings. The Labute approximate surface area is 308 Å². The molecule has 2 amide bonds. The zero-order chi connectivity index (χ0) is 37.7. The molecule has 0 aromatic heterocycles. The molecule has 2 saturated carbocycles. The Kier molecular flexibility index (Phi) is 10.7. The number of hydrogen-bond donors (Lipinski definition) is 4. The second-order valence-electron chi connectivity index (χ2n) is 16.2. The Morgan fingerprint density at radius 3 is 2.60 bits per heavy atom. The van der Waals surface area contributed by atoms with Crippen molar-refractivity contribution in [3.05, 3.63) is 41.5 Å². The average molecular weight is 742 g/mol. The number of hydrogen-bond acceptors (Lipinski definition) is 13. The van der Waals surface area contributed by atoms with Crippen molar-refractivity contribution in [1.29, 1.82) is 0 Å². The number of amides is 2. The molecule has 2 bridgehead atoms. The van der Waals surface area contributed by atoms with Gasteiger partial charge in [0.2, 0.25) is 11.8 Å². The van der Waals surface area contributed by atoms with Gasteiger partial charge in [0.15, 0.2) is 6.04 Å². The third-order valence-corrected chi connectivity index (χ3v) is 11.2. The van der Waals surface area contributed by atoms with Gasteiger partial charge in [-0.2, -0.15) is 5.06 Å². The molecule has 1 aromatic carbocycles. The highest BCUT2D eigenvalue weighted by molar-refractivity contribution is 5.96. The van der Waals surface area contributed by atoms with Crippen LogP contribution in [0.3, 0.4) is 0 Å². The van der Waals surface area contributed by atoms with Crippen LogP contribution in [0.4, 0.5) is 0 Å². The lowest BCUT2D eigenvalue weighted by atomic mass is 9.62. The molecule has 4 saturated heterocycles. The molecule has 12 atom stereocenters. The smallest absolute Gasteiger partial charge is 0.327 e. The van der Waals surface area contributed by atoms with Gasteiger partial charge in [-0.05, 0) is 70.4 Å². The number of aliphatic hydroxyl groups is 2. The van der Waals surface area contributed by atoms with E-state index in [1.54, 1.807) is 20.8 Å². The van der Waals surface area contributed by atoms with E-state index in [2.05, 4.69) is 22.8 Å². The number of fused-ring (bicyclic) bond motifs is 5. The van der Waals surface area contributed by atoms with Crippen molar-refractivity contribution in [3.63, 3.8) is 0 Å². The van der Waals surface area contributed by atoms with E-state index < -0.39 is 90.0 Å². The number of esters is 2. The topological polar surface area (TPSA) is 195 Å². The zero-order valence-electron chi connectivity index (χ0n) is 30.6. The SMILES string of the molecule is C[C@H](O)[C@@H](NC(=O)[C@@]12C[C@H]3OC(=O)[C@@H]1N(Cc1ccccc1C=CC1CCC4OC4C1)O[C@@H]2[C@H]1OCO[C@H]13)C(=O)N[C@H](CO)CCC(=O)OC(C)(C)C. The largest absolute Gasteiger partial charge is 0.460 e. The second kappa shape index (κ2) is 15.0. The van der Waals surface area contributed by atoms with Crippen molar-refractivity contribution < 1.29 is 57.9 Å². The van der Waals surface area contributed by atoms with Crippen LogP contribution in [0.5, 0.6) is 0 Å². The highest BCUT2D eigenvalue weighted by atomic mass is 16.8. The highest BCUT2D eigenvalue weighted by Gasteiger charge is 2.75. The number of carbonyl (C=O) groups is 4. The fourth-order valence-electron chi connectivity index (χ4n) is 8.56. The molecule has 290 valence electrons. The first-order chi connectivity index (χ1) is 25.3. The number of benzene rings is 1. The molecule has 1 aromatic rings. The predicted octanol–water partition coefficient (Wildman–Crippen LogP) is 1.27. The number of aliphatic hydroxyl groups excluding tert-OH is 2. The molecule has 0 radical (unpaired) electrons. The normalized spacial score (nSPS) is 34.7. The lowest BCUT2D eigenvalue weighted by Crippen LogP contribution is -2.71. The maximum absolute atomic E-state index is 14.7. The minimum Gasteiger partial charge on any atom is -0.460 e. The van der Waals surface area contributed by atoms with Crippen molar-refractivity contribution in [2.75, 3.05) is 13.4 Å². The van der Waals surface area contributed by atoms with Crippen LogP contribution < -0.4 is 10.6 Å². The summed E-state index contributed by atoms with van der Waals surface area (Å²) in [5, 5.41) is 27.6. The van der Waals surface area contributed by atoms with Gasteiger partial charge in [0, 0.05) is 12.8 Å². The first-order valence-corrected chi connectivity index (χ1v) is 18.7. The van der Waals surface area contributed by atoms with Crippen molar-refractivity contribution in [2.24, 2.45) is 11.3 Å². The first-order valence-electron chi connectivity index (χ1n) is 18.7. The number of carbonyl (C=O) groups excluding carboxylic acids is 4. The Hall–Kier alpha value is -3.44. The molecule has 53 heavy (non-hydrogen) atoms. The van der Waals surface area contributed by atoms with E-state index in [9.17, 15) is 29.4 Å². The summed E-state index contributed by atoms with van der Waals surface area (Å²) in [6.07, 6.45) is 3.66. The van der Waals surface area contributed by atoms with E-state index in [4.69, 9.17) is 28.5 Å². The molecule has 2 aliphatic carbocycles. The van der Waals surface area contributed by atoms with E-state index in [1.165, 1.54) is 12.0 Å². The van der Waals surface area contributed by atoms with E-state index in [0.717, 1.165) is 30.4 Å². The summed E-state index contributed by atoms with van der Waals surface area (Å²) < 4.78 is 28.7. The van der Waals surface area contributed by atoms with Gasteiger partial charge in [0.1, 0.15) is 48.3 Å². The predicted molar refractivity (Wildman–Crippen MR) is 185 cm³/mol. The summed E-state index contributed by atoms with van der Waals surface area (Å²) in [6.45, 7) is 6.14. The lowest BCUT2D eigenvalue weighted by molar-refractivity contribution is -0.201.